The lowest BCUT2D eigenvalue weighted by atomic mass is 10.2. The molecule has 1 amide bonds. The molecule has 2 aromatic carbocycles. The predicted octanol–water partition coefficient (Wildman–Crippen LogP) is 3.62. The highest BCUT2D eigenvalue weighted by Gasteiger charge is 2.30. The van der Waals surface area contributed by atoms with Gasteiger partial charge in [-0.1, -0.05) is 6.07 Å². The van der Waals surface area contributed by atoms with Gasteiger partial charge in [0.15, 0.2) is 0 Å². The molecule has 1 aliphatic rings. The minimum absolute atomic E-state index is 0.153. The number of hydrogen-bond acceptors (Lipinski definition) is 4. The number of benzene rings is 2. The van der Waals surface area contributed by atoms with E-state index in [1.165, 1.54) is 30.3 Å². The van der Waals surface area contributed by atoms with Crippen molar-refractivity contribution in [3.8, 4) is 0 Å². The molecule has 0 unspecified atom stereocenters. The predicted molar refractivity (Wildman–Crippen MR) is 96.3 cm³/mol. The van der Waals surface area contributed by atoms with E-state index in [4.69, 9.17) is 4.74 Å². The van der Waals surface area contributed by atoms with E-state index < -0.39 is 27.9 Å². The maximum Gasteiger partial charge on any atom is 0.416 e. The number of amides is 1. The van der Waals surface area contributed by atoms with E-state index in [1.54, 1.807) is 0 Å². The van der Waals surface area contributed by atoms with Gasteiger partial charge in [0.1, 0.15) is 6.10 Å². The average Bonchev–Trinajstić information content (AvgIpc) is 3.16. The van der Waals surface area contributed by atoms with Gasteiger partial charge >= 0.3 is 6.18 Å². The van der Waals surface area contributed by atoms with Crippen LogP contribution < -0.4 is 10.0 Å². The van der Waals surface area contributed by atoms with E-state index in [0.717, 1.165) is 18.6 Å². The van der Waals surface area contributed by atoms with Crippen molar-refractivity contribution in [1.82, 2.24) is 0 Å². The van der Waals surface area contributed by atoms with Gasteiger partial charge in [-0.25, -0.2) is 8.42 Å². The smallest absolute Gasteiger partial charge is 0.368 e. The highest BCUT2D eigenvalue weighted by atomic mass is 32.2. The lowest BCUT2D eigenvalue weighted by Crippen LogP contribution is -2.26. The Morgan fingerprint density at radius 3 is 2.39 bits per heavy atom. The lowest BCUT2D eigenvalue weighted by Gasteiger charge is -2.12. The van der Waals surface area contributed by atoms with Crippen molar-refractivity contribution >= 4 is 27.3 Å². The van der Waals surface area contributed by atoms with Crippen LogP contribution in [0.2, 0.25) is 0 Å². The van der Waals surface area contributed by atoms with Crippen molar-refractivity contribution in [1.29, 1.82) is 0 Å². The summed E-state index contributed by atoms with van der Waals surface area (Å²) in [5, 5.41) is 2.63. The molecule has 1 aliphatic heterocycles. The first-order valence-corrected chi connectivity index (χ1v) is 9.86. The molecular weight excluding hydrogens is 397 g/mol. The minimum atomic E-state index is -4.58. The monoisotopic (exact) mass is 414 g/mol. The molecule has 2 aromatic rings. The van der Waals surface area contributed by atoms with Crippen molar-refractivity contribution in [2.45, 2.75) is 30.0 Å². The second kappa shape index (κ2) is 7.80. The molecule has 0 spiro atoms. The van der Waals surface area contributed by atoms with Crippen LogP contribution >= 0.6 is 0 Å². The van der Waals surface area contributed by atoms with Gasteiger partial charge in [0.2, 0.25) is 0 Å². The Hall–Kier alpha value is -2.59. The Morgan fingerprint density at radius 1 is 1.07 bits per heavy atom. The number of sulfonamides is 1. The van der Waals surface area contributed by atoms with Crippen LogP contribution in [0.4, 0.5) is 24.5 Å². The zero-order valence-electron chi connectivity index (χ0n) is 14.5. The van der Waals surface area contributed by atoms with Crippen molar-refractivity contribution in [2.75, 3.05) is 16.6 Å². The molecule has 1 atom stereocenters. The van der Waals surface area contributed by atoms with Gasteiger partial charge in [-0.05, 0) is 55.3 Å². The Morgan fingerprint density at radius 2 is 1.79 bits per heavy atom. The fourth-order valence-corrected chi connectivity index (χ4v) is 3.75. The van der Waals surface area contributed by atoms with Gasteiger partial charge in [0, 0.05) is 18.0 Å². The molecule has 28 heavy (non-hydrogen) atoms. The first kappa shape index (κ1) is 20.2. The number of alkyl halides is 3. The lowest BCUT2D eigenvalue weighted by molar-refractivity contribution is -0.137. The highest BCUT2D eigenvalue weighted by molar-refractivity contribution is 7.92. The second-order valence-electron chi connectivity index (χ2n) is 6.20. The van der Waals surface area contributed by atoms with Crippen LogP contribution in [0.1, 0.15) is 18.4 Å². The van der Waals surface area contributed by atoms with Crippen molar-refractivity contribution in [2.24, 2.45) is 0 Å². The van der Waals surface area contributed by atoms with Crippen molar-refractivity contribution in [3.63, 3.8) is 0 Å². The largest absolute Gasteiger partial charge is 0.416 e. The molecule has 1 saturated heterocycles. The highest BCUT2D eigenvalue weighted by Crippen LogP contribution is 2.31. The summed E-state index contributed by atoms with van der Waals surface area (Å²) in [5.74, 6) is -0.310. The first-order valence-electron chi connectivity index (χ1n) is 8.38. The fourth-order valence-electron chi connectivity index (χ4n) is 2.70. The summed E-state index contributed by atoms with van der Waals surface area (Å²) in [5.41, 5.74) is -0.774. The molecule has 0 saturated carbocycles. The van der Waals surface area contributed by atoms with Gasteiger partial charge in [-0.2, -0.15) is 13.2 Å². The number of hydrogen-bond donors (Lipinski definition) is 2. The van der Waals surface area contributed by atoms with Crippen LogP contribution in [0, 0.1) is 0 Å². The number of carbonyl (C=O) groups excluding carboxylic acids is 1. The van der Waals surface area contributed by atoms with E-state index >= 15 is 0 Å². The molecule has 0 aromatic heterocycles. The quantitative estimate of drug-likeness (QED) is 0.783. The molecular formula is C18H17F3N2O4S. The zero-order chi connectivity index (χ0) is 20.4. The Kier molecular flexibility index (Phi) is 5.61. The summed E-state index contributed by atoms with van der Waals surface area (Å²) in [6, 6.07) is 9.20. The molecule has 0 radical (unpaired) electrons. The molecule has 3 rings (SSSR count). The molecule has 150 valence electrons. The minimum Gasteiger partial charge on any atom is -0.368 e. The summed E-state index contributed by atoms with van der Waals surface area (Å²) in [6.07, 6.45) is -3.67. The summed E-state index contributed by atoms with van der Waals surface area (Å²) >= 11 is 0. The third kappa shape index (κ3) is 4.82. The molecule has 1 fully saturated rings. The number of nitrogens with one attached hydrogen (secondary N) is 2. The molecule has 0 bridgehead atoms. The number of halogens is 3. The van der Waals surface area contributed by atoms with Crippen LogP contribution in [0.3, 0.4) is 0 Å². The SMILES string of the molecule is O=C(Nc1ccc(S(=O)(=O)Nc2cccc(C(F)(F)F)c2)cc1)[C@@H]1CCCO1. The molecule has 1 heterocycles. The fraction of sp³-hybridized carbons (Fsp3) is 0.278. The summed E-state index contributed by atoms with van der Waals surface area (Å²) < 4.78 is 70.5. The molecule has 10 heteroatoms. The topological polar surface area (TPSA) is 84.5 Å². The van der Waals surface area contributed by atoms with Crippen molar-refractivity contribution in [3.05, 3.63) is 54.1 Å². The normalized spacial score (nSPS) is 17.3. The summed E-state index contributed by atoms with van der Waals surface area (Å²) in [7, 11) is -4.09. The molecule has 6 nitrogen and oxygen atoms in total. The Labute approximate surface area is 159 Å². The van der Waals surface area contributed by atoms with Gasteiger partial charge < -0.3 is 10.1 Å². The number of rotatable bonds is 5. The zero-order valence-corrected chi connectivity index (χ0v) is 15.3. The van der Waals surface area contributed by atoms with E-state index in [-0.39, 0.29) is 16.5 Å². The van der Waals surface area contributed by atoms with Crippen LogP contribution in [0.15, 0.2) is 53.4 Å². The third-order valence-electron chi connectivity index (χ3n) is 4.10. The average molecular weight is 414 g/mol. The van der Waals surface area contributed by atoms with Crippen LogP contribution in [0.25, 0.3) is 0 Å². The maximum absolute atomic E-state index is 12.8. The Bertz CT molecular complexity index is 954. The van der Waals surface area contributed by atoms with Crippen LogP contribution in [-0.2, 0) is 25.7 Å². The Balaban J connectivity index is 1.71. The first-order chi connectivity index (χ1) is 13.1. The van der Waals surface area contributed by atoms with E-state index in [2.05, 4.69) is 10.0 Å². The number of ether oxygens (including phenoxy) is 1. The number of carbonyl (C=O) groups is 1. The van der Waals surface area contributed by atoms with Gasteiger partial charge in [-0.3, -0.25) is 9.52 Å². The molecule has 0 aliphatic carbocycles. The van der Waals surface area contributed by atoms with Crippen LogP contribution in [-0.4, -0.2) is 27.0 Å². The van der Waals surface area contributed by atoms with Gasteiger partial charge in [0.25, 0.3) is 15.9 Å². The maximum atomic E-state index is 12.8. The van der Waals surface area contributed by atoms with Gasteiger partial charge in [-0.15, -0.1) is 0 Å². The summed E-state index contributed by atoms with van der Waals surface area (Å²) in [6.45, 7) is 0.524. The van der Waals surface area contributed by atoms with Crippen molar-refractivity contribution < 1.29 is 31.1 Å². The molecule has 2 N–H and O–H groups in total. The standard InChI is InChI=1S/C18H17F3N2O4S/c19-18(20,21)12-3-1-4-14(11-12)23-28(25,26)15-8-6-13(7-9-15)22-17(24)16-5-2-10-27-16/h1,3-4,6-9,11,16,23H,2,5,10H2,(H,22,24)/t16-/m0/s1. The van der Waals surface area contributed by atoms with E-state index in [1.807, 2.05) is 0 Å². The van der Waals surface area contributed by atoms with Gasteiger partial charge in [0.05, 0.1) is 10.5 Å². The number of anilines is 2. The second-order valence-corrected chi connectivity index (χ2v) is 7.88. The summed E-state index contributed by atoms with van der Waals surface area (Å²) in [4.78, 5) is 11.8. The van der Waals surface area contributed by atoms with E-state index in [0.29, 0.717) is 24.8 Å². The van der Waals surface area contributed by atoms with Crippen LogP contribution in [0.5, 0.6) is 0 Å². The third-order valence-corrected chi connectivity index (χ3v) is 5.49. The van der Waals surface area contributed by atoms with E-state index in [9.17, 15) is 26.4 Å².